The maximum Gasteiger partial charge on any atom is 0.321 e. The number of rotatable bonds is 8. The lowest BCUT2D eigenvalue weighted by atomic mass is 10.1. The van der Waals surface area contributed by atoms with E-state index in [0.29, 0.717) is 17.1 Å². The fourth-order valence-electron chi connectivity index (χ4n) is 1.66. The van der Waals surface area contributed by atoms with Crippen molar-refractivity contribution in [2.75, 3.05) is 13.2 Å². The monoisotopic (exact) mass is 354 g/mol. The molecule has 0 heterocycles. The molecular weight excluding hydrogens is 336 g/mol. The van der Waals surface area contributed by atoms with Crippen LogP contribution in [0.3, 0.4) is 0 Å². The highest BCUT2D eigenvalue weighted by Crippen LogP contribution is 2.12. The summed E-state index contributed by atoms with van der Waals surface area (Å²) in [6.45, 7) is 1.73. The number of Topliss-reactive ketones (excluding diaryl/α,β-unsaturated/α-hetero) is 1. The molecule has 0 saturated heterocycles. The van der Waals surface area contributed by atoms with Gasteiger partial charge in [-0.15, -0.1) is 0 Å². The minimum Gasteiger partial charge on any atom is -0.456 e. The predicted octanol–water partition coefficient (Wildman–Crippen LogP) is 2.08. The van der Waals surface area contributed by atoms with Crippen molar-refractivity contribution in [1.29, 1.82) is 0 Å². The fraction of sp³-hybridized carbons (Fsp3) is 0.375. The topological polar surface area (TPSA) is 102 Å². The summed E-state index contributed by atoms with van der Waals surface area (Å²) in [7, 11) is 0. The van der Waals surface area contributed by atoms with Crippen LogP contribution < -0.4 is 10.6 Å². The first-order chi connectivity index (χ1) is 11.4. The van der Waals surface area contributed by atoms with E-state index < -0.39 is 24.5 Å². The first-order valence-electron chi connectivity index (χ1n) is 7.44. The summed E-state index contributed by atoms with van der Waals surface area (Å²) in [5.41, 5.74) is 0.442. The van der Waals surface area contributed by atoms with Gasteiger partial charge in [-0.25, -0.2) is 4.79 Å². The Morgan fingerprint density at radius 3 is 2.38 bits per heavy atom. The Morgan fingerprint density at radius 2 is 1.75 bits per heavy atom. The summed E-state index contributed by atoms with van der Waals surface area (Å²) in [5.74, 6) is -1.66. The number of carbonyl (C=O) groups is 4. The summed E-state index contributed by atoms with van der Waals surface area (Å²) >= 11 is 5.73. The molecule has 0 atom stereocenters. The highest BCUT2D eigenvalue weighted by atomic mass is 35.5. The van der Waals surface area contributed by atoms with Crippen molar-refractivity contribution < 1.29 is 23.9 Å². The Hall–Kier alpha value is -2.41. The third-order valence-corrected chi connectivity index (χ3v) is 3.13. The molecule has 1 aromatic rings. The summed E-state index contributed by atoms with van der Waals surface area (Å²) in [4.78, 5) is 46.0. The molecular formula is C16H19ClN2O5. The van der Waals surface area contributed by atoms with Crippen molar-refractivity contribution in [2.45, 2.75) is 26.2 Å². The van der Waals surface area contributed by atoms with Crippen LogP contribution in [0.25, 0.3) is 0 Å². The third-order valence-electron chi connectivity index (χ3n) is 2.88. The Labute approximate surface area is 144 Å². The minimum absolute atomic E-state index is 0.0426. The van der Waals surface area contributed by atoms with Crippen LogP contribution in [-0.2, 0) is 14.3 Å². The number of hydrogen-bond donors (Lipinski definition) is 2. The maximum atomic E-state index is 11.9. The number of carbonyl (C=O) groups excluding carboxylic acids is 4. The lowest BCUT2D eigenvalue weighted by Crippen LogP contribution is -2.41. The molecule has 0 aromatic heterocycles. The molecule has 0 bridgehead atoms. The van der Waals surface area contributed by atoms with Crippen LogP contribution in [0.15, 0.2) is 24.3 Å². The number of benzene rings is 1. The van der Waals surface area contributed by atoms with E-state index in [4.69, 9.17) is 16.3 Å². The van der Waals surface area contributed by atoms with Crippen LogP contribution in [0.1, 0.15) is 36.5 Å². The van der Waals surface area contributed by atoms with Crippen molar-refractivity contribution in [3.05, 3.63) is 34.9 Å². The number of ketones is 1. The zero-order valence-electron chi connectivity index (χ0n) is 13.3. The van der Waals surface area contributed by atoms with Crippen LogP contribution in [0.2, 0.25) is 5.02 Å². The van der Waals surface area contributed by atoms with E-state index in [1.54, 1.807) is 24.3 Å². The van der Waals surface area contributed by atoms with Crippen LogP contribution in [0, 0.1) is 0 Å². The Kier molecular flexibility index (Phi) is 8.49. The molecule has 3 amide bonds. The Morgan fingerprint density at radius 1 is 1.08 bits per heavy atom. The van der Waals surface area contributed by atoms with E-state index in [1.807, 2.05) is 12.2 Å². The van der Waals surface area contributed by atoms with Gasteiger partial charge < -0.3 is 10.1 Å². The van der Waals surface area contributed by atoms with Crippen molar-refractivity contribution in [2.24, 2.45) is 0 Å². The molecule has 2 N–H and O–H groups in total. The summed E-state index contributed by atoms with van der Waals surface area (Å²) in [5, 5.41) is 4.98. The van der Waals surface area contributed by atoms with E-state index >= 15 is 0 Å². The minimum atomic E-state index is -0.735. The van der Waals surface area contributed by atoms with Crippen LogP contribution in [-0.4, -0.2) is 36.8 Å². The number of amides is 3. The first-order valence-corrected chi connectivity index (χ1v) is 7.82. The van der Waals surface area contributed by atoms with Crippen LogP contribution in [0.4, 0.5) is 4.79 Å². The zero-order valence-corrected chi connectivity index (χ0v) is 14.0. The molecule has 0 aliphatic rings. The molecule has 0 unspecified atom stereocenters. The van der Waals surface area contributed by atoms with E-state index in [1.165, 1.54) is 0 Å². The third kappa shape index (κ3) is 7.73. The fourth-order valence-corrected chi connectivity index (χ4v) is 1.79. The number of esters is 1. The highest BCUT2D eigenvalue weighted by molar-refractivity contribution is 6.30. The Balaban J connectivity index is 2.26. The van der Waals surface area contributed by atoms with Crippen molar-refractivity contribution in [1.82, 2.24) is 10.6 Å². The van der Waals surface area contributed by atoms with Gasteiger partial charge >= 0.3 is 12.0 Å². The summed E-state index contributed by atoms with van der Waals surface area (Å²) in [6.07, 6.45) is 0.536. The van der Waals surface area contributed by atoms with E-state index in [-0.39, 0.29) is 18.6 Å². The second-order valence-corrected chi connectivity index (χ2v) is 5.33. The van der Waals surface area contributed by atoms with Crippen molar-refractivity contribution in [3.63, 3.8) is 0 Å². The maximum absolute atomic E-state index is 11.9. The van der Waals surface area contributed by atoms with Crippen LogP contribution in [0.5, 0.6) is 0 Å². The molecule has 0 aliphatic heterocycles. The number of imide groups is 1. The summed E-state index contributed by atoms with van der Waals surface area (Å²) in [6, 6.07) is 5.66. The van der Waals surface area contributed by atoms with Crippen molar-refractivity contribution >= 4 is 35.3 Å². The number of ether oxygens (including phenoxy) is 1. The normalized spacial score (nSPS) is 9.92. The molecule has 0 radical (unpaired) electrons. The predicted molar refractivity (Wildman–Crippen MR) is 87.8 cm³/mol. The van der Waals surface area contributed by atoms with Gasteiger partial charge in [-0.3, -0.25) is 19.7 Å². The van der Waals surface area contributed by atoms with E-state index in [9.17, 15) is 19.2 Å². The number of urea groups is 1. The van der Waals surface area contributed by atoms with Gasteiger partial charge in [0.2, 0.25) is 0 Å². The molecule has 130 valence electrons. The Bertz CT molecular complexity index is 601. The van der Waals surface area contributed by atoms with Crippen molar-refractivity contribution in [3.8, 4) is 0 Å². The van der Waals surface area contributed by atoms with E-state index in [2.05, 4.69) is 5.32 Å². The van der Waals surface area contributed by atoms with Gasteiger partial charge in [-0.05, 0) is 30.7 Å². The molecule has 1 aromatic carbocycles. The molecule has 0 aliphatic carbocycles. The van der Waals surface area contributed by atoms with Gasteiger partial charge in [-0.1, -0.05) is 18.5 Å². The molecule has 0 saturated carbocycles. The van der Waals surface area contributed by atoms with Gasteiger partial charge in [0.25, 0.3) is 5.91 Å². The highest BCUT2D eigenvalue weighted by Gasteiger charge is 2.13. The van der Waals surface area contributed by atoms with Gasteiger partial charge in [0.15, 0.2) is 12.4 Å². The molecule has 24 heavy (non-hydrogen) atoms. The average Bonchev–Trinajstić information content (AvgIpc) is 2.56. The quantitative estimate of drug-likeness (QED) is 0.549. The standard InChI is InChI=1S/C16H19ClN2O5/c1-2-9-18-16(23)19-14(21)10-24-15(22)8-7-13(20)11-3-5-12(17)6-4-11/h3-6H,2,7-10H2,1H3,(H2,18,19,21,23). The molecule has 8 heteroatoms. The van der Waals surface area contributed by atoms with Gasteiger partial charge in [-0.2, -0.15) is 0 Å². The second-order valence-electron chi connectivity index (χ2n) is 4.89. The lowest BCUT2D eigenvalue weighted by Gasteiger charge is -2.06. The molecule has 1 rings (SSSR count). The number of hydrogen-bond acceptors (Lipinski definition) is 5. The number of halogens is 1. The van der Waals surface area contributed by atoms with Gasteiger partial charge in [0.1, 0.15) is 0 Å². The second kappa shape index (κ2) is 10.4. The largest absolute Gasteiger partial charge is 0.456 e. The number of nitrogens with one attached hydrogen (secondary N) is 2. The van der Waals surface area contributed by atoms with Gasteiger partial charge in [0.05, 0.1) is 6.42 Å². The van der Waals surface area contributed by atoms with E-state index in [0.717, 1.165) is 6.42 Å². The lowest BCUT2D eigenvalue weighted by molar-refractivity contribution is -0.148. The molecule has 0 spiro atoms. The first kappa shape index (κ1) is 19.6. The summed E-state index contributed by atoms with van der Waals surface area (Å²) < 4.78 is 4.71. The SMILES string of the molecule is CCCNC(=O)NC(=O)COC(=O)CCC(=O)c1ccc(Cl)cc1. The molecule has 7 nitrogen and oxygen atoms in total. The smallest absolute Gasteiger partial charge is 0.321 e. The van der Waals surface area contributed by atoms with Crippen LogP contribution >= 0.6 is 11.6 Å². The van der Waals surface area contributed by atoms with Gasteiger partial charge in [0, 0.05) is 23.6 Å². The average molecular weight is 355 g/mol. The zero-order chi connectivity index (χ0) is 17.9. The molecule has 0 fully saturated rings.